The molecule has 4 rings (SSSR count). The Morgan fingerprint density at radius 3 is 2.79 bits per heavy atom. The van der Waals surface area contributed by atoms with Crippen molar-refractivity contribution in [3.8, 4) is 11.5 Å². The predicted molar refractivity (Wildman–Crippen MR) is 106 cm³/mol. The Labute approximate surface area is 168 Å². The fraction of sp³-hybridized carbons (Fsp3) is 0.167. The highest BCUT2D eigenvalue weighted by atomic mass is 32.2. The van der Waals surface area contributed by atoms with Crippen LogP contribution in [-0.2, 0) is 4.79 Å². The van der Waals surface area contributed by atoms with Crippen LogP contribution in [0.1, 0.15) is 11.7 Å². The van der Waals surface area contributed by atoms with Gasteiger partial charge in [-0.3, -0.25) is 25.2 Å². The van der Waals surface area contributed by atoms with Crippen molar-refractivity contribution in [1.29, 1.82) is 0 Å². The van der Waals surface area contributed by atoms with Crippen molar-refractivity contribution >= 4 is 34.2 Å². The third-order valence-corrected chi connectivity index (χ3v) is 5.07. The number of fused-ring (bicyclic) bond motifs is 2. The molecule has 0 saturated carbocycles. The number of thioether (sulfide) groups is 1. The molecule has 2 N–H and O–H groups in total. The van der Waals surface area contributed by atoms with Crippen molar-refractivity contribution in [1.82, 2.24) is 10.3 Å². The van der Waals surface area contributed by atoms with E-state index in [-0.39, 0.29) is 17.4 Å². The molecule has 2 heterocycles. The SMILES string of the molecule is COc1cc(C2N=c3ccccc3=C3C(=O)NC(SC)=NN32)cc([N+](=O)[O-])c1O. The Morgan fingerprint density at radius 1 is 1.34 bits per heavy atom. The van der Waals surface area contributed by atoms with Gasteiger partial charge in [0.2, 0.25) is 5.75 Å². The molecule has 2 aromatic rings. The molecular weight excluding hydrogens is 398 g/mol. The first-order valence-corrected chi connectivity index (χ1v) is 9.62. The van der Waals surface area contributed by atoms with Gasteiger partial charge < -0.3 is 9.84 Å². The number of hydrogen-bond acceptors (Lipinski definition) is 9. The molecule has 2 aromatic carbocycles. The van der Waals surface area contributed by atoms with Crippen LogP contribution in [0.25, 0.3) is 5.70 Å². The first-order chi connectivity index (χ1) is 13.9. The molecule has 0 bridgehead atoms. The molecule has 29 heavy (non-hydrogen) atoms. The molecule has 2 aliphatic rings. The summed E-state index contributed by atoms with van der Waals surface area (Å²) in [5.74, 6) is -0.997. The molecule has 1 amide bonds. The van der Waals surface area contributed by atoms with Crippen LogP contribution >= 0.6 is 11.8 Å². The summed E-state index contributed by atoms with van der Waals surface area (Å²) in [4.78, 5) is 28.1. The van der Waals surface area contributed by atoms with E-state index in [2.05, 4.69) is 15.4 Å². The van der Waals surface area contributed by atoms with Crippen molar-refractivity contribution in [3.05, 3.63) is 62.7 Å². The summed E-state index contributed by atoms with van der Waals surface area (Å²) in [6, 6.07) is 9.74. The maximum atomic E-state index is 12.8. The van der Waals surface area contributed by atoms with Crippen molar-refractivity contribution < 1.29 is 19.6 Å². The molecular formula is C18H15N5O5S. The Balaban J connectivity index is 2.00. The number of hydrazone groups is 1. The average molecular weight is 413 g/mol. The van der Waals surface area contributed by atoms with Gasteiger partial charge in [-0.1, -0.05) is 30.0 Å². The van der Waals surface area contributed by atoms with Crippen LogP contribution in [0.3, 0.4) is 0 Å². The van der Waals surface area contributed by atoms with Crippen LogP contribution in [-0.4, -0.2) is 39.5 Å². The molecule has 0 aromatic heterocycles. The molecule has 2 aliphatic heterocycles. The number of nitrogens with one attached hydrogen (secondary N) is 1. The molecule has 10 nitrogen and oxygen atoms in total. The molecule has 1 atom stereocenters. The van der Waals surface area contributed by atoms with Crippen LogP contribution in [0, 0.1) is 10.1 Å². The largest absolute Gasteiger partial charge is 0.500 e. The Hall–Kier alpha value is -3.60. The summed E-state index contributed by atoms with van der Waals surface area (Å²) in [7, 11) is 1.30. The number of amidine groups is 1. The second kappa shape index (κ2) is 7.09. The van der Waals surface area contributed by atoms with E-state index in [1.807, 2.05) is 0 Å². The van der Waals surface area contributed by atoms with Gasteiger partial charge >= 0.3 is 5.69 Å². The second-order valence-corrected chi connectivity index (χ2v) is 6.92. The fourth-order valence-electron chi connectivity index (χ4n) is 3.19. The van der Waals surface area contributed by atoms with Crippen LogP contribution in [0.5, 0.6) is 11.5 Å². The number of carbonyl (C=O) groups excluding carboxylic acids is 1. The molecule has 0 radical (unpaired) electrons. The van der Waals surface area contributed by atoms with E-state index in [0.717, 1.165) is 0 Å². The summed E-state index contributed by atoms with van der Waals surface area (Å²) in [6.07, 6.45) is 0.907. The van der Waals surface area contributed by atoms with Gasteiger partial charge in [-0.15, -0.1) is 5.10 Å². The summed E-state index contributed by atoms with van der Waals surface area (Å²) in [5.41, 5.74) is 0.107. The quantitative estimate of drug-likeness (QED) is 0.563. The number of ether oxygens (including phenoxy) is 1. The van der Waals surface area contributed by atoms with Gasteiger partial charge in [0.05, 0.1) is 17.4 Å². The maximum absolute atomic E-state index is 12.8. The van der Waals surface area contributed by atoms with Crippen molar-refractivity contribution in [2.24, 2.45) is 10.1 Å². The number of carbonyl (C=O) groups is 1. The number of para-hydroxylation sites is 1. The lowest BCUT2D eigenvalue weighted by Gasteiger charge is -2.33. The third kappa shape index (κ3) is 3.05. The number of nitro groups is 1. The highest BCUT2D eigenvalue weighted by Gasteiger charge is 2.35. The average Bonchev–Trinajstić information content (AvgIpc) is 2.72. The van der Waals surface area contributed by atoms with Crippen LogP contribution in [0.4, 0.5) is 5.69 Å². The molecule has 0 fully saturated rings. The Bertz CT molecular complexity index is 1200. The van der Waals surface area contributed by atoms with Crippen LogP contribution in [0.15, 0.2) is 46.5 Å². The predicted octanol–water partition coefficient (Wildman–Crippen LogP) is 0.815. The molecule has 0 saturated heterocycles. The van der Waals surface area contributed by atoms with Gasteiger partial charge in [-0.25, -0.2) is 5.01 Å². The van der Waals surface area contributed by atoms with E-state index >= 15 is 0 Å². The van der Waals surface area contributed by atoms with E-state index in [0.29, 0.717) is 21.3 Å². The number of phenols is 1. The third-order valence-electron chi connectivity index (χ3n) is 4.50. The lowest BCUT2D eigenvalue weighted by Crippen LogP contribution is -2.50. The van der Waals surface area contributed by atoms with E-state index in [1.54, 1.807) is 30.5 Å². The van der Waals surface area contributed by atoms with Crippen LogP contribution < -0.4 is 20.6 Å². The van der Waals surface area contributed by atoms with Gasteiger partial charge in [-0.05, 0) is 18.4 Å². The zero-order chi connectivity index (χ0) is 20.7. The highest BCUT2D eigenvalue weighted by molar-refractivity contribution is 8.13. The van der Waals surface area contributed by atoms with Crippen LogP contribution in [0.2, 0.25) is 0 Å². The van der Waals surface area contributed by atoms with E-state index < -0.39 is 22.5 Å². The summed E-state index contributed by atoms with van der Waals surface area (Å²) in [6.45, 7) is 0. The summed E-state index contributed by atoms with van der Waals surface area (Å²) >= 11 is 1.25. The standard InChI is InChI=1S/C18H15N5O5S/c1-28-13-8-9(7-12(15(13)24)23(26)27)16-19-11-6-4-3-5-10(11)14-17(25)20-18(29-2)21-22(14)16/h3-8,16,24H,1-2H3,(H,20,21,25). The van der Waals surface area contributed by atoms with Gasteiger partial charge in [0, 0.05) is 16.8 Å². The maximum Gasteiger partial charge on any atom is 0.315 e. The molecule has 11 heteroatoms. The van der Waals surface area contributed by atoms with Crippen molar-refractivity contribution in [2.45, 2.75) is 6.17 Å². The number of phenolic OH excluding ortho intramolecular Hbond substituents is 1. The minimum absolute atomic E-state index is 0.0691. The number of amides is 1. The number of nitrogens with zero attached hydrogens (tertiary/aromatic N) is 4. The zero-order valence-electron chi connectivity index (χ0n) is 15.3. The molecule has 0 aliphatic carbocycles. The fourth-order valence-corrected chi connectivity index (χ4v) is 3.56. The lowest BCUT2D eigenvalue weighted by atomic mass is 10.1. The van der Waals surface area contributed by atoms with Crippen molar-refractivity contribution in [3.63, 3.8) is 0 Å². The highest BCUT2D eigenvalue weighted by Crippen LogP contribution is 2.41. The second-order valence-electron chi connectivity index (χ2n) is 6.12. The number of methoxy groups -OCH3 is 1. The summed E-state index contributed by atoms with van der Waals surface area (Å²) < 4.78 is 5.10. The monoisotopic (exact) mass is 413 g/mol. The topological polar surface area (TPSA) is 130 Å². The first kappa shape index (κ1) is 18.7. The zero-order valence-corrected chi connectivity index (χ0v) is 16.1. The first-order valence-electron chi connectivity index (χ1n) is 8.40. The minimum Gasteiger partial charge on any atom is -0.500 e. The van der Waals surface area contributed by atoms with Gasteiger partial charge in [-0.2, -0.15) is 0 Å². The van der Waals surface area contributed by atoms with E-state index in [4.69, 9.17) is 4.74 Å². The molecule has 148 valence electrons. The minimum atomic E-state index is -0.860. The number of hydrogen-bond donors (Lipinski definition) is 2. The Morgan fingerprint density at radius 2 is 2.10 bits per heavy atom. The lowest BCUT2D eigenvalue weighted by molar-refractivity contribution is -0.386. The number of benzene rings is 2. The number of aromatic hydroxyl groups is 1. The normalized spacial score (nSPS) is 17.5. The summed E-state index contributed by atoms with van der Waals surface area (Å²) in [5, 5.41) is 31.6. The van der Waals surface area contributed by atoms with Crippen molar-refractivity contribution in [2.75, 3.05) is 13.4 Å². The van der Waals surface area contributed by atoms with E-state index in [1.165, 1.54) is 36.0 Å². The van der Waals surface area contributed by atoms with Gasteiger partial charge in [0.1, 0.15) is 5.70 Å². The smallest absolute Gasteiger partial charge is 0.315 e. The van der Waals surface area contributed by atoms with E-state index in [9.17, 15) is 20.0 Å². The molecule has 1 unspecified atom stereocenters. The Kier molecular flexibility index (Phi) is 4.59. The van der Waals surface area contributed by atoms with Gasteiger partial charge in [0.25, 0.3) is 5.91 Å². The number of nitro benzene ring substituents is 1. The molecule has 0 spiro atoms. The van der Waals surface area contributed by atoms with Gasteiger partial charge in [0.15, 0.2) is 17.1 Å². The number of rotatable bonds is 3.